The molecule has 0 saturated carbocycles. The number of carbonyl (C=O) groups excluding carboxylic acids is 1. The van der Waals surface area contributed by atoms with Crippen LogP contribution in [0.2, 0.25) is 0 Å². The fraction of sp³-hybridized carbons (Fsp3) is 0.615. The topological polar surface area (TPSA) is 51.5 Å². The van der Waals surface area contributed by atoms with E-state index in [1.54, 1.807) is 6.26 Å². The van der Waals surface area contributed by atoms with E-state index in [2.05, 4.69) is 5.32 Å². The third kappa shape index (κ3) is 4.23. The Kier molecular flexibility index (Phi) is 4.62. The highest BCUT2D eigenvalue weighted by Gasteiger charge is 2.15. The molecule has 1 aromatic heterocycles. The van der Waals surface area contributed by atoms with E-state index in [0.717, 1.165) is 38.2 Å². The Morgan fingerprint density at radius 2 is 2.24 bits per heavy atom. The van der Waals surface area contributed by atoms with Gasteiger partial charge in [-0.3, -0.25) is 4.79 Å². The fourth-order valence-electron chi connectivity index (χ4n) is 2.06. The Hall–Kier alpha value is -1.29. The van der Waals surface area contributed by atoms with E-state index in [9.17, 15) is 4.79 Å². The molecular weight excluding hydrogens is 218 g/mol. The van der Waals surface area contributed by atoms with Gasteiger partial charge in [0.1, 0.15) is 5.76 Å². The molecule has 0 bridgehead atoms. The molecular formula is C13H19NO3. The van der Waals surface area contributed by atoms with Crippen molar-refractivity contribution in [3.8, 4) is 0 Å². The van der Waals surface area contributed by atoms with Crippen LogP contribution in [0.5, 0.6) is 0 Å². The smallest absolute Gasteiger partial charge is 0.220 e. The summed E-state index contributed by atoms with van der Waals surface area (Å²) in [7, 11) is 0. The van der Waals surface area contributed by atoms with Gasteiger partial charge in [0, 0.05) is 19.6 Å². The van der Waals surface area contributed by atoms with Crippen LogP contribution in [0, 0.1) is 5.92 Å². The van der Waals surface area contributed by atoms with Crippen molar-refractivity contribution in [1.82, 2.24) is 5.32 Å². The molecule has 4 heteroatoms. The second-order valence-corrected chi connectivity index (χ2v) is 4.45. The van der Waals surface area contributed by atoms with E-state index in [0.29, 0.717) is 18.9 Å². The number of carbonyl (C=O) groups is 1. The summed E-state index contributed by atoms with van der Waals surface area (Å²) in [6, 6.07) is 3.68. The summed E-state index contributed by atoms with van der Waals surface area (Å²) in [6.07, 6.45) is 5.36. The lowest BCUT2D eigenvalue weighted by Crippen LogP contribution is -2.24. The predicted molar refractivity (Wildman–Crippen MR) is 63.3 cm³/mol. The highest BCUT2D eigenvalue weighted by molar-refractivity contribution is 5.75. The minimum absolute atomic E-state index is 0.105. The number of hydrogen-bond donors (Lipinski definition) is 1. The van der Waals surface area contributed by atoms with Gasteiger partial charge >= 0.3 is 0 Å². The number of furan rings is 1. The number of ether oxygens (including phenoxy) is 1. The zero-order valence-electron chi connectivity index (χ0n) is 9.98. The highest BCUT2D eigenvalue weighted by atomic mass is 16.5. The van der Waals surface area contributed by atoms with E-state index in [4.69, 9.17) is 9.15 Å². The summed E-state index contributed by atoms with van der Waals surface area (Å²) in [5.41, 5.74) is 0. The Labute approximate surface area is 101 Å². The van der Waals surface area contributed by atoms with Crippen molar-refractivity contribution in [3.63, 3.8) is 0 Å². The molecule has 17 heavy (non-hydrogen) atoms. The molecule has 0 unspecified atom stereocenters. The average molecular weight is 237 g/mol. The summed E-state index contributed by atoms with van der Waals surface area (Å²) in [5, 5.41) is 2.86. The summed E-state index contributed by atoms with van der Waals surface area (Å²) in [5.74, 6) is 1.55. The molecule has 0 aliphatic carbocycles. The van der Waals surface area contributed by atoms with Gasteiger partial charge in [-0.05, 0) is 37.3 Å². The molecule has 2 rings (SSSR count). The first-order valence-corrected chi connectivity index (χ1v) is 6.21. The summed E-state index contributed by atoms with van der Waals surface area (Å²) < 4.78 is 10.4. The van der Waals surface area contributed by atoms with Crippen LogP contribution in [-0.2, 0) is 16.1 Å². The first-order valence-electron chi connectivity index (χ1n) is 6.21. The van der Waals surface area contributed by atoms with Gasteiger partial charge in [0.05, 0.1) is 12.8 Å². The average Bonchev–Trinajstić information content (AvgIpc) is 2.88. The second kappa shape index (κ2) is 6.45. The van der Waals surface area contributed by atoms with Crippen molar-refractivity contribution in [1.29, 1.82) is 0 Å². The van der Waals surface area contributed by atoms with Crippen LogP contribution in [0.1, 0.15) is 31.4 Å². The molecule has 0 aromatic carbocycles. The molecule has 1 N–H and O–H groups in total. The molecule has 1 aliphatic rings. The minimum atomic E-state index is 0.105. The molecule has 94 valence electrons. The lowest BCUT2D eigenvalue weighted by Gasteiger charge is -2.21. The molecule has 0 atom stereocenters. The molecule has 1 aliphatic heterocycles. The maximum atomic E-state index is 11.6. The van der Waals surface area contributed by atoms with Gasteiger partial charge in [-0.15, -0.1) is 0 Å². The minimum Gasteiger partial charge on any atom is -0.467 e. The molecule has 1 aromatic rings. The molecule has 4 nitrogen and oxygen atoms in total. The van der Waals surface area contributed by atoms with E-state index in [1.807, 2.05) is 12.1 Å². The van der Waals surface area contributed by atoms with Crippen LogP contribution in [0.15, 0.2) is 22.8 Å². The van der Waals surface area contributed by atoms with Gasteiger partial charge in [0.2, 0.25) is 5.91 Å². The van der Waals surface area contributed by atoms with Gasteiger partial charge in [0.25, 0.3) is 0 Å². The third-order valence-corrected chi connectivity index (χ3v) is 3.16. The fourth-order valence-corrected chi connectivity index (χ4v) is 2.06. The molecule has 0 radical (unpaired) electrons. The Balaban J connectivity index is 1.60. The standard InChI is InChI=1S/C13H19NO3/c15-13(14-10-12-2-1-7-17-12)4-3-11-5-8-16-9-6-11/h1-2,7,11H,3-6,8-10H2,(H,14,15). The zero-order chi connectivity index (χ0) is 11.9. The number of hydrogen-bond acceptors (Lipinski definition) is 3. The number of nitrogens with one attached hydrogen (secondary N) is 1. The van der Waals surface area contributed by atoms with E-state index in [-0.39, 0.29) is 5.91 Å². The summed E-state index contributed by atoms with van der Waals surface area (Å²) in [6.45, 7) is 2.18. The van der Waals surface area contributed by atoms with Gasteiger partial charge in [0.15, 0.2) is 0 Å². The molecule has 1 saturated heterocycles. The zero-order valence-corrected chi connectivity index (χ0v) is 9.98. The third-order valence-electron chi connectivity index (χ3n) is 3.16. The Bertz CT molecular complexity index is 328. The molecule has 1 amide bonds. The monoisotopic (exact) mass is 237 g/mol. The van der Waals surface area contributed by atoms with Crippen LogP contribution in [0.3, 0.4) is 0 Å². The molecule has 0 spiro atoms. The van der Waals surface area contributed by atoms with Crippen LogP contribution >= 0.6 is 0 Å². The maximum absolute atomic E-state index is 11.6. The van der Waals surface area contributed by atoms with Crippen LogP contribution in [0.25, 0.3) is 0 Å². The second-order valence-electron chi connectivity index (χ2n) is 4.45. The summed E-state index contributed by atoms with van der Waals surface area (Å²) >= 11 is 0. The number of rotatable bonds is 5. The van der Waals surface area contributed by atoms with E-state index >= 15 is 0 Å². The quantitative estimate of drug-likeness (QED) is 0.853. The summed E-state index contributed by atoms with van der Waals surface area (Å²) in [4.78, 5) is 11.6. The highest BCUT2D eigenvalue weighted by Crippen LogP contribution is 2.19. The van der Waals surface area contributed by atoms with Gasteiger partial charge in [-0.1, -0.05) is 0 Å². The van der Waals surface area contributed by atoms with Crippen LogP contribution in [-0.4, -0.2) is 19.1 Å². The lowest BCUT2D eigenvalue weighted by molar-refractivity contribution is -0.121. The van der Waals surface area contributed by atoms with Gasteiger partial charge in [-0.25, -0.2) is 0 Å². The lowest BCUT2D eigenvalue weighted by atomic mass is 9.95. The van der Waals surface area contributed by atoms with Crippen molar-refractivity contribution in [3.05, 3.63) is 24.2 Å². The van der Waals surface area contributed by atoms with Crippen molar-refractivity contribution in [2.24, 2.45) is 5.92 Å². The van der Waals surface area contributed by atoms with Crippen LogP contribution in [0.4, 0.5) is 0 Å². The predicted octanol–water partition coefficient (Wildman–Crippen LogP) is 2.10. The first kappa shape index (κ1) is 12.2. The van der Waals surface area contributed by atoms with E-state index < -0.39 is 0 Å². The van der Waals surface area contributed by atoms with Crippen molar-refractivity contribution in [2.45, 2.75) is 32.2 Å². The normalized spacial score (nSPS) is 16.9. The SMILES string of the molecule is O=C(CCC1CCOCC1)NCc1ccco1. The van der Waals surface area contributed by atoms with Gasteiger partial charge in [-0.2, -0.15) is 0 Å². The van der Waals surface area contributed by atoms with E-state index in [1.165, 1.54) is 0 Å². The maximum Gasteiger partial charge on any atom is 0.220 e. The Morgan fingerprint density at radius 1 is 1.41 bits per heavy atom. The molecule has 1 fully saturated rings. The number of amides is 1. The van der Waals surface area contributed by atoms with Crippen molar-refractivity contribution >= 4 is 5.91 Å². The van der Waals surface area contributed by atoms with Crippen LogP contribution < -0.4 is 5.32 Å². The first-order chi connectivity index (χ1) is 8.34. The Morgan fingerprint density at radius 3 is 2.94 bits per heavy atom. The van der Waals surface area contributed by atoms with Crippen molar-refractivity contribution in [2.75, 3.05) is 13.2 Å². The largest absolute Gasteiger partial charge is 0.467 e. The molecule has 2 heterocycles. The van der Waals surface area contributed by atoms with Gasteiger partial charge < -0.3 is 14.5 Å². The van der Waals surface area contributed by atoms with Crippen molar-refractivity contribution < 1.29 is 13.9 Å².